The predicted molar refractivity (Wildman–Crippen MR) is 111 cm³/mol. The molecule has 0 unspecified atom stereocenters. The molecule has 0 bridgehead atoms. The molecule has 1 fully saturated rings. The monoisotopic (exact) mass is 414 g/mol. The van der Waals surface area contributed by atoms with Crippen molar-refractivity contribution in [2.45, 2.75) is 18.9 Å². The molecular formula is C20H20ClFN6O. The largest absolute Gasteiger partial charge is 0.358 e. The van der Waals surface area contributed by atoms with Crippen LogP contribution in [0.2, 0.25) is 5.02 Å². The van der Waals surface area contributed by atoms with E-state index in [9.17, 15) is 4.79 Å². The highest BCUT2D eigenvalue weighted by Crippen LogP contribution is 2.35. The first-order valence-electron chi connectivity index (χ1n) is 9.03. The Hall–Kier alpha value is -3.13. The maximum absolute atomic E-state index is 15.8. The SMILES string of the molecule is CNc1nc2ccc(Cl)cc2n1-c1cccc([C@]2(C)CC(=O)N(C)C(=N)N2)c1F. The normalized spacial score (nSPS) is 19.6. The number of hydrogen-bond donors (Lipinski definition) is 3. The fraction of sp³-hybridized carbons (Fsp3) is 0.250. The van der Waals surface area contributed by atoms with Crippen LogP contribution < -0.4 is 10.6 Å². The van der Waals surface area contributed by atoms with E-state index < -0.39 is 11.4 Å². The van der Waals surface area contributed by atoms with Gasteiger partial charge in [-0.05, 0) is 31.2 Å². The predicted octanol–water partition coefficient (Wildman–Crippen LogP) is 3.46. The van der Waals surface area contributed by atoms with Crippen LogP contribution in [0.15, 0.2) is 36.4 Å². The van der Waals surface area contributed by atoms with E-state index in [-0.39, 0.29) is 24.0 Å². The van der Waals surface area contributed by atoms with E-state index in [0.29, 0.717) is 27.6 Å². The van der Waals surface area contributed by atoms with Crippen LogP contribution in [0.4, 0.5) is 10.3 Å². The molecular weight excluding hydrogens is 395 g/mol. The van der Waals surface area contributed by atoms with Gasteiger partial charge in [-0.25, -0.2) is 9.37 Å². The average molecular weight is 415 g/mol. The molecule has 4 rings (SSSR count). The smallest absolute Gasteiger partial charge is 0.231 e. The summed E-state index contributed by atoms with van der Waals surface area (Å²) in [6.45, 7) is 1.72. The summed E-state index contributed by atoms with van der Waals surface area (Å²) in [4.78, 5) is 18.0. The number of halogens is 2. The second-order valence-electron chi connectivity index (χ2n) is 7.23. The molecule has 3 aromatic rings. The summed E-state index contributed by atoms with van der Waals surface area (Å²) < 4.78 is 17.5. The number of benzene rings is 2. The maximum atomic E-state index is 15.8. The van der Waals surface area contributed by atoms with Gasteiger partial charge in [0.15, 0.2) is 11.8 Å². The molecule has 7 nitrogen and oxygen atoms in total. The number of carbonyl (C=O) groups is 1. The zero-order valence-electron chi connectivity index (χ0n) is 16.2. The molecule has 1 aliphatic heterocycles. The number of nitrogens with zero attached hydrogens (tertiary/aromatic N) is 3. The molecule has 1 aliphatic rings. The minimum Gasteiger partial charge on any atom is -0.358 e. The van der Waals surface area contributed by atoms with Crippen molar-refractivity contribution in [1.82, 2.24) is 19.8 Å². The van der Waals surface area contributed by atoms with Gasteiger partial charge >= 0.3 is 0 Å². The van der Waals surface area contributed by atoms with Gasteiger partial charge in [-0.2, -0.15) is 0 Å². The lowest BCUT2D eigenvalue weighted by molar-refractivity contribution is -0.129. The Balaban J connectivity index is 1.91. The summed E-state index contributed by atoms with van der Waals surface area (Å²) in [5.74, 6) is -0.354. The quantitative estimate of drug-likeness (QED) is 0.612. The van der Waals surface area contributed by atoms with E-state index in [1.807, 2.05) is 0 Å². The highest BCUT2D eigenvalue weighted by Gasteiger charge is 2.40. The van der Waals surface area contributed by atoms with Gasteiger partial charge in [0, 0.05) is 24.7 Å². The van der Waals surface area contributed by atoms with Crippen LogP contribution in [0.1, 0.15) is 18.9 Å². The number of fused-ring (bicyclic) bond motifs is 1. The number of guanidine groups is 1. The summed E-state index contributed by atoms with van der Waals surface area (Å²) in [6.07, 6.45) is 0.0294. The van der Waals surface area contributed by atoms with Crippen molar-refractivity contribution in [2.75, 3.05) is 19.4 Å². The first kappa shape index (κ1) is 19.2. The minimum absolute atomic E-state index is 0.0294. The number of nitrogens with one attached hydrogen (secondary N) is 3. The van der Waals surface area contributed by atoms with Gasteiger partial charge in [0.2, 0.25) is 11.9 Å². The van der Waals surface area contributed by atoms with Gasteiger partial charge in [-0.1, -0.05) is 23.7 Å². The number of rotatable bonds is 3. The standard InChI is InChI=1S/C20H20ClFN6O/c1-20(10-16(29)27(3)18(23)26-20)12-5-4-6-14(17(12)22)28-15-9-11(21)7-8-13(15)25-19(28)24-2/h4-9H,10H2,1-3H3,(H2,23,26)(H,24,25)/t20-/m0/s1. The molecule has 9 heteroatoms. The Morgan fingerprint density at radius 2 is 2.10 bits per heavy atom. The lowest BCUT2D eigenvalue weighted by Gasteiger charge is -2.39. The van der Waals surface area contributed by atoms with Crippen molar-refractivity contribution in [3.8, 4) is 5.69 Å². The highest BCUT2D eigenvalue weighted by molar-refractivity contribution is 6.31. The zero-order valence-corrected chi connectivity index (χ0v) is 16.9. The number of imidazole rings is 1. The summed E-state index contributed by atoms with van der Waals surface area (Å²) in [6, 6.07) is 10.2. The number of anilines is 1. The van der Waals surface area contributed by atoms with Crippen molar-refractivity contribution in [2.24, 2.45) is 0 Å². The van der Waals surface area contributed by atoms with Gasteiger partial charge in [-0.3, -0.25) is 19.7 Å². The number of carbonyl (C=O) groups excluding carboxylic acids is 1. The Bertz CT molecular complexity index is 1140. The van der Waals surface area contributed by atoms with E-state index in [4.69, 9.17) is 17.0 Å². The van der Waals surface area contributed by atoms with Gasteiger partial charge in [0.1, 0.15) is 0 Å². The van der Waals surface area contributed by atoms with Crippen LogP contribution in [0.5, 0.6) is 0 Å². The fourth-order valence-corrected chi connectivity index (χ4v) is 3.84. The third-order valence-electron chi connectivity index (χ3n) is 5.26. The minimum atomic E-state index is -1.05. The average Bonchev–Trinajstić information content (AvgIpc) is 3.03. The second-order valence-corrected chi connectivity index (χ2v) is 7.66. The van der Waals surface area contributed by atoms with Crippen molar-refractivity contribution < 1.29 is 9.18 Å². The summed E-state index contributed by atoms with van der Waals surface area (Å²) >= 11 is 6.16. The van der Waals surface area contributed by atoms with E-state index in [1.165, 1.54) is 11.9 Å². The topological polar surface area (TPSA) is 86.0 Å². The maximum Gasteiger partial charge on any atom is 0.231 e. The Kier molecular flexibility index (Phi) is 4.46. The van der Waals surface area contributed by atoms with Crippen LogP contribution in [-0.2, 0) is 10.3 Å². The number of hydrogen-bond acceptors (Lipinski definition) is 4. The van der Waals surface area contributed by atoms with Crippen LogP contribution in [-0.4, -0.2) is 40.4 Å². The molecule has 0 spiro atoms. The van der Waals surface area contributed by atoms with E-state index in [2.05, 4.69) is 15.6 Å². The van der Waals surface area contributed by atoms with Crippen LogP contribution in [0, 0.1) is 11.2 Å². The molecule has 3 N–H and O–H groups in total. The molecule has 0 radical (unpaired) electrons. The van der Waals surface area contributed by atoms with Gasteiger partial charge in [0.25, 0.3) is 0 Å². The summed E-state index contributed by atoms with van der Waals surface area (Å²) in [7, 11) is 3.23. The molecule has 0 saturated carbocycles. The first-order valence-corrected chi connectivity index (χ1v) is 9.41. The molecule has 2 heterocycles. The van der Waals surface area contributed by atoms with E-state index >= 15 is 4.39 Å². The molecule has 0 aliphatic carbocycles. The molecule has 1 amide bonds. The Morgan fingerprint density at radius 3 is 2.79 bits per heavy atom. The molecule has 150 valence electrons. The van der Waals surface area contributed by atoms with Crippen molar-refractivity contribution in [3.05, 3.63) is 52.8 Å². The molecule has 1 saturated heterocycles. The van der Waals surface area contributed by atoms with Gasteiger partial charge in [0.05, 0.1) is 28.7 Å². The lowest BCUT2D eigenvalue weighted by Crippen LogP contribution is -2.58. The van der Waals surface area contributed by atoms with Crippen molar-refractivity contribution >= 4 is 40.4 Å². The molecule has 1 aromatic heterocycles. The van der Waals surface area contributed by atoms with Crippen LogP contribution in [0.25, 0.3) is 16.7 Å². The number of amides is 1. The highest BCUT2D eigenvalue weighted by atomic mass is 35.5. The third-order valence-corrected chi connectivity index (χ3v) is 5.50. The third kappa shape index (κ3) is 3.00. The second kappa shape index (κ2) is 6.73. The molecule has 29 heavy (non-hydrogen) atoms. The Morgan fingerprint density at radius 1 is 1.34 bits per heavy atom. The summed E-state index contributed by atoms with van der Waals surface area (Å²) in [5, 5.41) is 14.5. The van der Waals surface area contributed by atoms with Gasteiger partial charge < -0.3 is 10.6 Å². The molecule has 2 aromatic carbocycles. The summed E-state index contributed by atoms with van der Waals surface area (Å²) in [5.41, 5.74) is 0.853. The Labute approximate surface area is 172 Å². The zero-order chi connectivity index (χ0) is 20.9. The van der Waals surface area contributed by atoms with Crippen LogP contribution >= 0.6 is 11.6 Å². The first-order chi connectivity index (χ1) is 13.7. The van der Waals surface area contributed by atoms with Crippen LogP contribution in [0.3, 0.4) is 0 Å². The van der Waals surface area contributed by atoms with Gasteiger partial charge in [-0.15, -0.1) is 0 Å². The number of aromatic nitrogens is 2. The lowest BCUT2D eigenvalue weighted by atomic mass is 9.86. The van der Waals surface area contributed by atoms with E-state index in [1.54, 1.807) is 54.9 Å². The van der Waals surface area contributed by atoms with Crippen molar-refractivity contribution in [1.29, 1.82) is 5.41 Å². The van der Waals surface area contributed by atoms with E-state index in [0.717, 1.165) is 0 Å². The molecule has 1 atom stereocenters. The fourth-order valence-electron chi connectivity index (χ4n) is 3.68. The van der Waals surface area contributed by atoms with Crippen molar-refractivity contribution in [3.63, 3.8) is 0 Å².